The molecule has 0 bridgehead atoms. The van der Waals surface area contributed by atoms with Crippen LogP contribution < -0.4 is 16.3 Å². The fourth-order valence-electron chi connectivity index (χ4n) is 2.26. The first kappa shape index (κ1) is 11.9. The number of imidazole rings is 1. The lowest BCUT2D eigenvalue weighted by atomic mass is 10.2. The first-order chi connectivity index (χ1) is 9.11. The fraction of sp³-hybridized carbons (Fsp3) is 0.333. The number of aliphatic hydroxyl groups is 1. The summed E-state index contributed by atoms with van der Waals surface area (Å²) in [6.45, 7) is 0.433. The van der Waals surface area contributed by atoms with Crippen molar-refractivity contribution in [2.24, 2.45) is 0 Å². The Kier molecular flexibility index (Phi) is 2.84. The van der Waals surface area contributed by atoms with Crippen LogP contribution in [0.2, 0.25) is 0 Å². The Morgan fingerprint density at radius 3 is 2.84 bits per heavy atom. The standard InChI is InChI=1S/C12H14N4O3/c17-7-4-10(13-5-7)11(18)14-6-1-2-8-9(3-6)16-12(19)15-8/h1-3,7,10,13,17H,4-5H2,(H,14,18)(H2,15,16,19). The van der Waals surface area contributed by atoms with Gasteiger partial charge in [0, 0.05) is 12.2 Å². The summed E-state index contributed by atoms with van der Waals surface area (Å²) in [4.78, 5) is 28.3. The molecular weight excluding hydrogens is 248 g/mol. The van der Waals surface area contributed by atoms with Crippen molar-refractivity contribution in [2.75, 3.05) is 11.9 Å². The zero-order valence-electron chi connectivity index (χ0n) is 10.1. The number of rotatable bonds is 2. The van der Waals surface area contributed by atoms with Crippen LogP contribution in [0, 0.1) is 0 Å². The smallest absolute Gasteiger partial charge is 0.323 e. The molecule has 0 saturated carbocycles. The quantitative estimate of drug-likeness (QED) is 0.503. The van der Waals surface area contributed by atoms with Gasteiger partial charge in [0.15, 0.2) is 0 Å². The molecule has 2 atom stereocenters. The van der Waals surface area contributed by atoms with E-state index in [4.69, 9.17) is 0 Å². The van der Waals surface area contributed by atoms with Crippen LogP contribution in [-0.2, 0) is 4.79 Å². The number of fused-ring (bicyclic) bond motifs is 1. The summed E-state index contributed by atoms with van der Waals surface area (Å²) in [5, 5.41) is 15.1. The van der Waals surface area contributed by atoms with Crippen LogP contribution >= 0.6 is 0 Å². The Morgan fingerprint density at radius 1 is 1.32 bits per heavy atom. The van der Waals surface area contributed by atoms with Crippen molar-refractivity contribution in [2.45, 2.75) is 18.6 Å². The minimum atomic E-state index is -0.473. The third-order valence-electron chi connectivity index (χ3n) is 3.21. The summed E-state index contributed by atoms with van der Waals surface area (Å²) < 4.78 is 0. The first-order valence-corrected chi connectivity index (χ1v) is 6.06. The highest BCUT2D eigenvalue weighted by atomic mass is 16.3. The number of aromatic nitrogens is 2. The molecule has 1 aliphatic heterocycles. The minimum Gasteiger partial charge on any atom is -0.392 e. The van der Waals surface area contributed by atoms with Crippen LogP contribution in [0.5, 0.6) is 0 Å². The van der Waals surface area contributed by atoms with Gasteiger partial charge in [-0.2, -0.15) is 0 Å². The highest BCUT2D eigenvalue weighted by Gasteiger charge is 2.27. The monoisotopic (exact) mass is 262 g/mol. The zero-order valence-corrected chi connectivity index (χ0v) is 10.1. The van der Waals surface area contributed by atoms with Gasteiger partial charge < -0.3 is 25.7 Å². The number of aromatic amines is 2. The van der Waals surface area contributed by atoms with E-state index in [0.717, 1.165) is 0 Å². The van der Waals surface area contributed by atoms with Gasteiger partial charge in [0.05, 0.1) is 23.2 Å². The number of carbonyl (C=O) groups is 1. The summed E-state index contributed by atoms with van der Waals surface area (Å²) in [5.74, 6) is -0.186. The molecule has 1 aromatic heterocycles. The number of β-amino-alcohol motifs (C(OH)–C–C–N with tert-alkyl or cyclic N) is 1. The lowest BCUT2D eigenvalue weighted by molar-refractivity contribution is -0.117. The molecule has 7 heteroatoms. The van der Waals surface area contributed by atoms with E-state index in [0.29, 0.717) is 29.7 Å². The van der Waals surface area contributed by atoms with Crippen molar-refractivity contribution in [1.82, 2.24) is 15.3 Å². The summed E-state index contributed by atoms with van der Waals surface area (Å²) in [6, 6.07) is 4.75. The van der Waals surface area contributed by atoms with Crippen LogP contribution in [0.4, 0.5) is 5.69 Å². The van der Waals surface area contributed by atoms with Crippen molar-refractivity contribution in [3.05, 3.63) is 28.7 Å². The number of aliphatic hydroxyl groups excluding tert-OH is 1. The number of H-pyrrole nitrogens is 2. The molecule has 7 nitrogen and oxygen atoms in total. The maximum atomic E-state index is 11.9. The summed E-state index contributed by atoms with van der Waals surface area (Å²) in [6.07, 6.45) is -0.0611. The number of carbonyl (C=O) groups excluding carboxylic acids is 1. The molecule has 1 aromatic carbocycles. The first-order valence-electron chi connectivity index (χ1n) is 6.06. The third-order valence-corrected chi connectivity index (χ3v) is 3.21. The Bertz CT molecular complexity index is 675. The third kappa shape index (κ3) is 2.38. The topological polar surface area (TPSA) is 110 Å². The average Bonchev–Trinajstić information content (AvgIpc) is 2.93. The molecule has 2 heterocycles. The van der Waals surface area contributed by atoms with Crippen molar-refractivity contribution in [3.63, 3.8) is 0 Å². The molecule has 0 spiro atoms. The summed E-state index contributed by atoms with van der Waals surface area (Å²) >= 11 is 0. The molecule has 1 fully saturated rings. The van der Waals surface area contributed by atoms with E-state index < -0.39 is 6.10 Å². The van der Waals surface area contributed by atoms with E-state index in [1.165, 1.54) is 0 Å². The van der Waals surface area contributed by atoms with E-state index in [1.807, 2.05) is 0 Å². The van der Waals surface area contributed by atoms with Gasteiger partial charge >= 0.3 is 5.69 Å². The molecule has 2 unspecified atom stereocenters. The van der Waals surface area contributed by atoms with Gasteiger partial charge in [-0.1, -0.05) is 0 Å². The van der Waals surface area contributed by atoms with E-state index in [-0.39, 0.29) is 17.6 Å². The van der Waals surface area contributed by atoms with Crippen LogP contribution in [0.1, 0.15) is 6.42 Å². The average molecular weight is 262 g/mol. The van der Waals surface area contributed by atoms with Gasteiger partial charge in [-0.3, -0.25) is 4.79 Å². The van der Waals surface area contributed by atoms with Gasteiger partial charge in [-0.25, -0.2) is 4.79 Å². The molecular formula is C12H14N4O3. The van der Waals surface area contributed by atoms with Gasteiger partial charge in [-0.15, -0.1) is 0 Å². The molecule has 3 rings (SSSR count). The largest absolute Gasteiger partial charge is 0.392 e. The molecule has 1 amide bonds. The van der Waals surface area contributed by atoms with Crippen LogP contribution in [0.15, 0.2) is 23.0 Å². The van der Waals surface area contributed by atoms with Gasteiger partial charge in [-0.05, 0) is 24.6 Å². The Morgan fingerprint density at radius 2 is 2.11 bits per heavy atom. The molecule has 2 aromatic rings. The van der Waals surface area contributed by atoms with E-state index in [1.54, 1.807) is 18.2 Å². The number of anilines is 1. The zero-order chi connectivity index (χ0) is 13.4. The van der Waals surface area contributed by atoms with E-state index >= 15 is 0 Å². The second-order valence-electron chi connectivity index (χ2n) is 4.68. The summed E-state index contributed by atoms with van der Waals surface area (Å²) in [7, 11) is 0. The molecule has 1 aliphatic rings. The molecule has 5 N–H and O–H groups in total. The SMILES string of the molecule is O=C(Nc1ccc2[nH]c(=O)[nH]c2c1)C1CC(O)CN1. The maximum absolute atomic E-state index is 11.9. The van der Waals surface area contributed by atoms with E-state index in [2.05, 4.69) is 20.6 Å². The normalized spacial score (nSPS) is 22.8. The molecule has 0 radical (unpaired) electrons. The van der Waals surface area contributed by atoms with Crippen LogP contribution in [0.25, 0.3) is 11.0 Å². The number of nitrogens with one attached hydrogen (secondary N) is 4. The number of amides is 1. The minimum absolute atomic E-state index is 0.186. The highest BCUT2D eigenvalue weighted by Crippen LogP contribution is 2.16. The van der Waals surface area contributed by atoms with E-state index in [9.17, 15) is 14.7 Å². The lowest BCUT2D eigenvalue weighted by Crippen LogP contribution is -2.35. The number of benzene rings is 1. The second kappa shape index (κ2) is 4.52. The Labute approximate surface area is 108 Å². The van der Waals surface area contributed by atoms with Crippen molar-refractivity contribution in [3.8, 4) is 0 Å². The van der Waals surface area contributed by atoms with Crippen molar-refractivity contribution >= 4 is 22.6 Å². The van der Waals surface area contributed by atoms with Crippen molar-refractivity contribution < 1.29 is 9.90 Å². The molecule has 1 saturated heterocycles. The fourth-order valence-corrected chi connectivity index (χ4v) is 2.26. The highest BCUT2D eigenvalue weighted by molar-refractivity contribution is 5.96. The molecule has 0 aliphatic carbocycles. The van der Waals surface area contributed by atoms with Gasteiger partial charge in [0.2, 0.25) is 5.91 Å². The molecule has 100 valence electrons. The van der Waals surface area contributed by atoms with Gasteiger partial charge in [0.25, 0.3) is 0 Å². The Balaban J connectivity index is 1.77. The van der Waals surface area contributed by atoms with Crippen molar-refractivity contribution in [1.29, 1.82) is 0 Å². The van der Waals surface area contributed by atoms with Crippen LogP contribution in [0.3, 0.4) is 0 Å². The number of hydrogen-bond donors (Lipinski definition) is 5. The predicted octanol–water partition coefficient (Wildman–Crippen LogP) is -0.483. The lowest BCUT2D eigenvalue weighted by Gasteiger charge is -2.10. The number of hydrogen-bond acceptors (Lipinski definition) is 4. The Hall–Kier alpha value is -2.12. The van der Waals surface area contributed by atoms with Gasteiger partial charge in [0.1, 0.15) is 0 Å². The second-order valence-corrected chi connectivity index (χ2v) is 4.68. The van der Waals surface area contributed by atoms with Crippen LogP contribution in [-0.4, -0.2) is 39.7 Å². The maximum Gasteiger partial charge on any atom is 0.323 e. The molecule has 19 heavy (non-hydrogen) atoms. The predicted molar refractivity (Wildman–Crippen MR) is 70.0 cm³/mol. The summed E-state index contributed by atoms with van der Waals surface area (Å²) in [5.41, 5.74) is 1.66.